The summed E-state index contributed by atoms with van der Waals surface area (Å²) in [6.07, 6.45) is 0.796. The monoisotopic (exact) mass is 341 g/mol. The van der Waals surface area contributed by atoms with Crippen molar-refractivity contribution in [2.24, 2.45) is 0 Å². The Hall–Kier alpha value is -1.96. The lowest BCUT2D eigenvalue weighted by atomic mass is 10.2. The number of nitro groups is 1. The number of ether oxygens (including phenoxy) is 1. The summed E-state index contributed by atoms with van der Waals surface area (Å²) >= 11 is 3.41. The van der Waals surface area contributed by atoms with E-state index in [2.05, 4.69) is 26.1 Å². The summed E-state index contributed by atoms with van der Waals surface area (Å²) in [4.78, 5) is 10.4. The molecule has 0 N–H and O–H groups in total. The van der Waals surface area contributed by atoms with Crippen LogP contribution in [-0.4, -0.2) is 22.2 Å². The molecule has 0 spiro atoms. The molecule has 1 unspecified atom stereocenters. The Morgan fingerprint density at radius 1 is 1.50 bits per heavy atom. The Bertz CT molecular complexity index is 629. The minimum absolute atomic E-state index is 0.0306. The maximum absolute atomic E-state index is 11.0. The highest BCUT2D eigenvalue weighted by atomic mass is 79.9. The number of nitro benzene ring substituents is 1. The van der Waals surface area contributed by atoms with Crippen LogP contribution in [0.5, 0.6) is 5.75 Å². The molecule has 0 radical (unpaired) electrons. The van der Waals surface area contributed by atoms with Crippen molar-refractivity contribution in [2.75, 3.05) is 7.11 Å². The molecular formula is C12H12BrN3O4. The summed E-state index contributed by atoms with van der Waals surface area (Å²) in [6, 6.07) is 4.49. The zero-order valence-corrected chi connectivity index (χ0v) is 12.5. The molecule has 0 fully saturated rings. The van der Waals surface area contributed by atoms with Crippen LogP contribution in [-0.2, 0) is 0 Å². The molecule has 0 saturated heterocycles. The molecule has 2 aromatic rings. The average Bonchev–Trinajstić information content (AvgIpc) is 2.95. The molecule has 0 aliphatic heterocycles. The largest absolute Gasteiger partial charge is 0.490 e. The van der Waals surface area contributed by atoms with Gasteiger partial charge in [0.05, 0.1) is 16.9 Å². The first kappa shape index (κ1) is 14.4. The first-order valence-corrected chi connectivity index (χ1v) is 6.78. The van der Waals surface area contributed by atoms with Gasteiger partial charge < -0.3 is 9.15 Å². The Kier molecular flexibility index (Phi) is 4.33. The van der Waals surface area contributed by atoms with Gasteiger partial charge in [0.15, 0.2) is 5.75 Å². The van der Waals surface area contributed by atoms with Gasteiger partial charge in [-0.25, -0.2) is 0 Å². The van der Waals surface area contributed by atoms with Crippen LogP contribution in [0.2, 0.25) is 0 Å². The molecule has 1 atom stereocenters. The van der Waals surface area contributed by atoms with Gasteiger partial charge in [-0.1, -0.05) is 22.9 Å². The maximum Gasteiger partial charge on any atom is 0.311 e. The van der Waals surface area contributed by atoms with Crippen molar-refractivity contribution in [3.05, 3.63) is 34.2 Å². The second-order valence-electron chi connectivity index (χ2n) is 3.96. The van der Waals surface area contributed by atoms with E-state index in [9.17, 15) is 10.1 Å². The zero-order chi connectivity index (χ0) is 14.7. The quantitative estimate of drug-likeness (QED) is 0.469. The van der Waals surface area contributed by atoms with E-state index in [-0.39, 0.29) is 22.2 Å². The van der Waals surface area contributed by atoms with E-state index in [0.717, 1.165) is 6.42 Å². The Morgan fingerprint density at radius 3 is 2.85 bits per heavy atom. The van der Waals surface area contributed by atoms with Gasteiger partial charge in [0.2, 0.25) is 11.8 Å². The number of halogens is 1. The molecule has 2 rings (SSSR count). The second-order valence-corrected chi connectivity index (χ2v) is 5.07. The smallest absolute Gasteiger partial charge is 0.311 e. The number of hydrogen-bond acceptors (Lipinski definition) is 6. The zero-order valence-electron chi connectivity index (χ0n) is 10.9. The van der Waals surface area contributed by atoms with Crippen molar-refractivity contribution >= 4 is 21.6 Å². The van der Waals surface area contributed by atoms with E-state index < -0.39 is 4.92 Å². The van der Waals surface area contributed by atoms with Crippen molar-refractivity contribution in [3.63, 3.8) is 0 Å². The van der Waals surface area contributed by atoms with Gasteiger partial charge in [0.1, 0.15) is 0 Å². The highest BCUT2D eigenvalue weighted by molar-refractivity contribution is 9.09. The molecule has 20 heavy (non-hydrogen) atoms. The lowest BCUT2D eigenvalue weighted by molar-refractivity contribution is -0.385. The van der Waals surface area contributed by atoms with Crippen LogP contribution >= 0.6 is 15.9 Å². The van der Waals surface area contributed by atoms with Crippen molar-refractivity contribution in [1.82, 2.24) is 10.2 Å². The third kappa shape index (κ3) is 2.79. The summed E-state index contributed by atoms with van der Waals surface area (Å²) in [7, 11) is 1.38. The Labute approximate surface area is 123 Å². The lowest BCUT2D eigenvalue weighted by Gasteiger charge is -2.02. The molecule has 106 valence electrons. The van der Waals surface area contributed by atoms with Gasteiger partial charge in [-0.05, 0) is 18.6 Å². The first-order valence-electron chi connectivity index (χ1n) is 5.87. The van der Waals surface area contributed by atoms with E-state index in [1.54, 1.807) is 6.07 Å². The van der Waals surface area contributed by atoms with E-state index in [1.165, 1.54) is 19.2 Å². The van der Waals surface area contributed by atoms with Crippen LogP contribution in [0.4, 0.5) is 5.69 Å². The SMILES string of the molecule is CCC(Br)c1nnc(-c2ccc(OC)c([N+](=O)[O-])c2)o1. The summed E-state index contributed by atoms with van der Waals surface area (Å²) in [5.74, 6) is 0.870. The summed E-state index contributed by atoms with van der Waals surface area (Å²) in [5, 5.41) is 18.8. The number of alkyl halides is 1. The molecule has 1 heterocycles. The minimum atomic E-state index is -0.515. The van der Waals surface area contributed by atoms with Crippen molar-refractivity contribution < 1.29 is 14.1 Å². The van der Waals surface area contributed by atoms with Gasteiger partial charge in [-0.3, -0.25) is 10.1 Å². The Balaban J connectivity index is 2.40. The predicted octanol–water partition coefficient (Wildman–Crippen LogP) is 3.50. The van der Waals surface area contributed by atoms with Crippen LogP contribution in [0, 0.1) is 10.1 Å². The third-order valence-corrected chi connectivity index (χ3v) is 3.73. The van der Waals surface area contributed by atoms with E-state index in [0.29, 0.717) is 11.5 Å². The van der Waals surface area contributed by atoms with Gasteiger partial charge >= 0.3 is 5.69 Å². The van der Waals surface area contributed by atoms with Crippen LogP contribution in [0.1, 0.15) is 24.1 Å². The molecular weight excluding hydrogens is 330 g/mol. The molecule has 0 amide bonds. The molecule has 8 heteroatoms. The second kappa shape index (κ2) is 6.00. The average molecular weight is 342 g/mol. The number of benzene rings is 1. The first-order chi connectivity index (χ1) is 9.56. The maximum atomic E-state index is 11.0. The van der Waals surface area contributed by atoms with Crippen molar-refractivity contribution in [1.29, 1.82) is 0 Å². The lowest BCUT2D eigenvalue weighted by Crippen LogP contribution is -1.94. The van der Waals surface area contributed by atoms with Gasteiger partial charge in [0.25, 0.3) is 0 Å². The fraction of sp³-hybridized carbons (Fsp3) is 0.333. The van der Waals surface area contributed by atoms with Crippen molar-refractivity contribution in [2.45, 2.75) is 18.2 Å². The molecule has 1 aromatic carbocycles. The highest BCUT2D eigenvalue weighted by Gasteiger charge is 2.19. The Morgan fingerprint density at radius 2 is 2.25 bits per heavy atom. The molecule has 0 saturated carbocycles. The normalized spacial score (nSPS) is 12.2. The molecule has 0 aliphatic rings. The van der Waals surface area contributed by atoms with Crippen LogP contribution in [0.3, 0.4) is 0 Å². The van der Waals surface area contributed by atoms with E-state index in [4.69, 9.17) is 9.15 Å². The third-order valence-electron chi connectivity index (χ3n) is 2.69. The molecule has 1 aromatic heterocycles. The minimum Gasteiger partial charge on any atom is -0.490 e. The summed E-state index contributed by atoms with van der Waals surface area (Å²) in [5.41, 5.74) is 0.336. The standard InChI is InChI=1S/C12H12BrN3O4/c1-3-8(13)12-15-14-11(20-12)7-4-5-10(19-2)9(6-7)16(17)18/h4-6,8H,3H2,1-2H3. The van der Waals surface area contributed by atoms with Crippen LogP contribution in [0.15, 0.2) is 22.6 Å². The van der Waals surface area contributed by atoms with E-state index in [1.807, 2.05) is 6.92 Å². The number of hydrogen-bond donors (Lipinski definition) is 0. The van der Waals surface area contributed by atoms with Crippen LogP contribution < -0.4 is 4.74 Å². The summed E-state index contributed by atoms with van der Waals surface area (Å²) < 4.78 is 10.4. The number of rotatable bonds is 5. The predicted molar refractivity (Wildman–Crippen MR) is 74.9 cm³/mol. The topological polar surface area (TPSA) is 91.3 Å². The van der Waals surface area contributed by atoms with Gasteiger partial charge in [0, 0.05) is 11.6 Å². The number of aromatic nitrogens is 2. The van der Waals surface area contributed by atoms with Crippen molar-refractivity contribution in [3.8, 4) is 17.2 Å². The van der Waals surface area contributed by atoms with Gasteiger partial charge in [-0.15, -0.1) is 10.2 Å². The van der Waals surface area contributed by atoms with Gasteiger partial charge in [-0.2, -0.15) is 0 Å². The fourth-order valence-corrected chi connectivity index (χ4v) is 1.80. The highest BCUT2D eigenvalue weighted by Crippen LogP contribution is 2.33. The molecule has 7 nitrogen and oxygen atoms in total. The molecule has 0 aliphatic carbocycles. The van der Waals surface area contributed by atoms with E-state index >= 15 is 0 Å². The fourth-order valence-electron chi connectivity index (χ4n) is 1.62. The number of methoxy groups -OCH3 is 1. The van der Waals surface area contributed by atoms with Crippen LogP contribution in [0.25, 0.3) is 11.5 Å². The molecule has 0 bridgehead atoms. The number of nitrogens with zero attached hydrogens (tertiary/aromatic N) is 3. The summed E-state index contributed by atoms with van der Waals surface area (Å²) in [6.45, 7) is 1.97.